The van der Waals surface area contributed by atoms with E-state index in [9.17, 15) is 0 Å². The fraction of sp³-hybridized carbons (Fsp3) is 0.304. The van der Waals surface area contributed by atoms with Crippen LogP contribution in [0.15, 0.2) is 64.2 Å². The first-order valence-corrected chi connectivity index (χ1v) is 11.0. The Morgan fingerprint density at radius 2 is 2.00 bits per heavy atom. The number of furan rings is 1. The molecule has 0 amide bonds. The number of hydrogen-bond donors (Lipinski definition) is 2. The third-order valence-corrected chi connectivity index (χ3v) is 5.41. The molecule has 30 heavy (non-hydrogen) atoms. The Morgan fingerprint density at radius 3 is 2.77 bits per heavy atom. The van der Waals surface area contributed by atoms with Crippen molar-refractivity contribution < 1.29 is 4.42 Å². The summed E-state index contributed by atoms with van der Waals surface area (Å²) in [6.45, 7) is 2.14. The van der Waals surface area contributed by atoms with E-state index in [2.05, 4.69) is 52.8 Å². The lowest BCUT2D eigenvalue weighted by Crippen LogP contribution is -2.35. The number of aliphatic imine (C=N–C) groups is 1. The molecule has 0 fully saturated rings. The highest BCUT2D eigenvalue weighted by atomic mass is 32.2. The fourth-order valence-corrected chi connectivity index (χ4v) is 3.87. The molecule has 0 radical (unpaired) electrons. The van der Waals surface area contributed by atoms with Gasteiger partial charge in [-0.3, -0.25) is 5.32 Å². The van der Waals surface area contributed by atoms with Crippen LogP contribution in [0, 0.1) is 11.5 Å². The quantitative estimate of drug-likeness (QED) is 0.179. The predicted molar refractivity (Wildman–Crippen MR) is 124 cm³/mol. The number of benzene rings is 2. The Hall–Kier alpha value is -2.95. The fourth-order valence-electron chi connectivity index (χ4n) is 3.07. The van der Waals surface area contributed by atoms with E-state index in [1.807, 2.05) is 42.8 Å². The standard InChI is InChI=1S/C23H27N5OS/c1-28(2)14-19-8-9-20-15-29-22(21(20)12-19)16-30-11-10-25-23(27-17-24)26-13-18-6-4-3-5-7-18/h3-9,12,15H,10-11,13-14,16H2,1-2H3,(H2,25,26,27). The third kappa shape index (κ3) is 6.55. The average molecular weight is 422 g/mol. The summed E-state index contributed by atoms with van der Waals surface area (Å²) in [6, 6.07) is 16.5. The first-order valence-electron chi connectivity index (χ1n) is 9.84. The Labute approximate surface area is 182 Å². The van der Waals surface area contributed by atoms with Crippen LogP contribution in [0.1, 0.15) is 16.9 Å². The molecule has 0 atom stereocenters. The van der Waals surface area contributed by atoms with Crippen molar-refractivity contribution in [2.24, 2.45) is 4.99 Å². The molecular formula is C23H27N5OS. The second kappa shape index (κ2) is 11.3. The monoisotopic (exact) mass is 421 g/mol. The van der Waals surface area contributed by atoms with Gasteiger partial charge < -0.3 is 14.6 Å². The van der Waals surface area contributed by atoms with Crippen molar-refractivity contribution in [2.45, 2.75) is 18.8 Å². The van der Waals surface area contributed by atoms with Crippen molar-refractivity contribution in [3.8, 4) is 6.19 Å². The van der Waals surface area contributed by atoms with Crippen LogP contribution in [0.3, 0.4) is 0 Å². The van der Waals surface area contributed by atoms with E-state index < -0.39 is 0 Å². The summed E-state index contributed by atoms with van der Waals surface area (Å²) in [4.78, 5) is 6.61. The molecule has 2 N–H and O–H groups in total. The minimum atomic E-state index is 0.499. The van der Waals surface area contributed by atoms with Gasteiger partial charge in [0, 0.05) is 29.6 Å². The van der Waals surface area contributed by atoms with Gasteiger partial charge in [-0.25, -0.2) is 4.99 Å². The molecule has 0 aliphatic rings. The van der Waals surface area contributed by atoms with E-state index in [-0.39, 0.29) is 0 Å². The number of rotatable bonds is 9. The summed E-state index contributed by atoms with van der Waals surface area (Å²) in [5, 5.41) is 17.1. The molecule has 3 aromatic rings. The first kappa shape index (κ1) is 21.8. The summed E-state index contributed by atoms with van der Waals surface area (Å²) in [6.07, 6.45) is 3.77. The molecule has 0 aliphatic heterocycles. The maximum atomic E-state index is 8.94. The number of thioether (sulfide) groups is 1. The smallest absolute Gasteiger partial charge is 0.205 e. The van der Waals surface area contributed by atoms with Gasteiger partial charge in [0.05, 0.1) is 18.6 Å². The molecule has 1 heterocycles. The largest absolute Gasteiger partial charge is 0.467 e. The first-order chi connectivity index (χ1) is 14.7. The maximum Gasteiger partial charge on any atom is 0.205 e. The molecule has 0 unspecified atom stereocenters. The van der Waals surface area contributed by atoms with Crippen LogP contribution < -0.4 is 10.6 Å². The van der Waals surface area contributed by atoms with Gasteiger partial charge in [-0.05, 0) is 31.3 Å². The summed E-state index contributed by atoms with van der Waals surface area (Å²) in [7, 11) is 4.14. The molecule has 2 aromatic carbocycles. The number of nitriles is 1. The lowest BCUT2D eigenvalue weighted by atomic mass is 10.1. The van der Waals surface area contributed by atoms with E-state index >= 15 is 0 Å². The minimum absolute atomic E-state index is 0.499. The van der Waals surface area contributed by atoms with Crippen LogP contribution in [0.4, 0.5) is 0 Å². The second-order valence-electron chi connectivity index (χ2n) is 7.18. The SMILES string of the molecule is CN(C)Cc1ccc2coc(CSCCNC(=NCc3ccccc3)NC#N)c2c1. The minimum Gasteiger partial charge on any atom is -0.467 e. The van der Waals surface area contributed by atoms with Crippen LogP contribution in [0.25, 0.3) is 10.8 Å². The summed E-state index contributed by atoms with van der Waals surface area (Å²) in [5.41, 5.74) is 2.38. The van der Waals surface area contributed by atoms with Crippen LogP contribution in [0.5, 0.6) is 0 Å². The molecule has 0 saturated heterocycles. The van der Waals surface area contributed by atoms with Crippen molar-refractivity contribution in [1.82, 2.24) is 15.5 Å². The van der Waals surface area contributed by atoms with Crippen molar-refractivity contribution in [2.75, 3.05) is 26.4 Å². The second-order valence-corrected chi connectivity index (χ2v) is 8.29. The van der Waals surface area contributed by atoms with E-state index in [1.165, 1.54) is 10.9 Å². The maximum absolute atomic E-state index is 8.94. The predicted octanol–water partition coefficient (Wildman–Crippen LogP) is 3.94. The molecule has 1 aromatic heterocycles. The van der Waals surface area contributed by atoms with Crippen LogP contribution in [-0.4, -0.2) is 37.3 Å². The highest BCUT2D eigenvalue weighted by Crippen LogP contribution is 2.26. The zero-order valence-electron chi connectivity index (χ0n) is 17.4. The number of guanidine groups is 1. The van der Waals surface area contributed by atoms with Gasteiger partial charge in [0.15, 0.2) is 6.19 Å². The molecule has 156 valence electrons. The van der Waals surface area contributed by atoms with Gasteiger partial charge >= 0.3 is 0 Å². The van der Waals surface area contributed by atoms with Crippen LogP contribution in [0.2, 0.25) is 0 Å². The Kier molecular flexibility index (Phi) is 8.19. The van der Waals surface area contributed by atoms with E-state index in [0.29, 0.717) is 19.0 Å². The number of fused-ring (bicyclic) bond motifs is 1. The molecule has 0 bridgehead atoms. The zero-order chi connectivity index (χ0) is 21.2. The Balaban J connectivity index is 1.48. The molecule has 3 rings (SSSR count). The van der Waals surface area contributed by atoms with Gasteiger partial charge in [0.1, 0.15) is 5.76 Å². The number of hydrogen-bond acceptors (Lipinski definition) is 5. The topological polar surface area (TPSA) is 76.6 Å². The Bertz CT molecular complexity index is 1010. The van der Waals surface area contributed by atoms with Crippen molar-refractivity contribution in [3.05, 3.63) is 71.7 Å². The Morgan fingerprint density at radius 1 is 1.17 bits per heavy atom. The lowest BCUT2D eigenvalue weighted by Gasteiger charge is -2.09. The van der Waals surface area contributed by atoms with Gasteiger partial charge in [-0.1, -0.05) is 42.5 Å². The van der Waals surface area contributed by atoms with Gasteiger partial charge in [0.25, 0.3) is 0 Å². The van der Waals surface area contributed by atoms with Crippen LogP contribution in [-0.2, 0) is 18.8 Å². The molecule has 7 heteroatoms. The number of nitrogens with one attached hydrogen (secondary N) is 2. The highest BCUT2D eigenvalue weighted by Gasteiger charge is 2.08. The van der Waals surface area contributed by atoms with Crippen LogP contribution >= 0.6 is 11.8 Å². The zero-order valence-corrected chi connectivity index (χ0v) is 18.2. The normalized spacial score (nSPS) is 11.6. The van der Waals surface area contributed by atoms with Crippen molar-refractivity contribution in [3.63, 3.8) is 0 Å². The highest BCUT2D eigenvalue weighted by molar-refractivity contribution is 7.98. The summed E-state index contributed by atoms with van der Waals surface area (Å²) >= 11 is 1.79. The molecule has 6 nitrogen and oxygen atoms in total. The molecule has 0 spiro atoms. The number of nitrogens with zero attached hydrogens (tertiary/aromatic N) is 3. The summed E-state index contributed by atoms with van der Waals surface area (Å²) in [5.74, 6) is 3.18. The molecule has 0 aliphatic carbocycles. The van der Waals surface area contributed by atoms with E-state index in [0.717, 1.165) is 34.8 Å². The van der Waals surface area contributed by atoms with Gasteiger partial charge in [-0.15, -0.1) is 0 Å². The van der Waals surface area contributed by atoms with Crippen molar-refractivity contribution >= 4 is 28.5 Å². The lowest BCUT2D eigenvalue weighted by molar-refractivity contribution is 0.403. The average Bonchev–Trinajstić information content (AvgIpc) is 3.14. The molecule has 0 saturated carbocycles. The van der Waals surface area contributed by atoms with Gasteiger partial charge in [-0.2, -0.15) is 17.0 Å². The van der Waals surface area contributed by atoms with Gasteiger partial charge in [0.2, 0.25) is 5.96 Å². The third-order valence-electron chi connectivity index (χ3n) is 4.45. The summed E-state index contributed by atoms with van der Waals surface area (Å²) < 4.78 is 5.79. The van der Waals surface area contributed by atoms with Crippen molar-refractivity contribution in [1.29, 1.82) is 5.26 Å². The van der Waals surface area contributed by atoms with E-state index in [4.69, 9.17) is 9.68 Å². The molecular weight excluding hydrogens is 394 g/mol. The van der Waals surface area contributed by atoms with E-state index in [1.54, 1.807) is 11.8 Å².